The summed E-state index contributed by atoms with van der Waals surface area (Å²) in [7, 11) is 0. The van der Waals surface area contributed by atoms with Gasteiger partial charge in [-0.3, -0.25) is 4.79 Å². The summed E-state index contributed by atoms with van der Waals surface area (Å²) in [5, 5.41) is 3.16. The van der Waals surface area contributed by atoms with Gasteiger partial charge in [0, 0.05) is 12.1 Å². The largest absolute Gasteiger partial charge is 0.486 e. The average molecular weight is 378 g/mol. The van der Waals surface area contributed by atoms with Crippen molar-refractivity contribution in [2.24, 2.45) is 5.73 Å². The van der Waals surface area contributed by atoms with Crippen LogP contribution in [0.15, 0.2) is 54.6 Å². The molecule has 2 aromatic carbocycles. The zero-order valence-electron chi connectivity index (χ0n) is 15.9. The van der Waals surface area contributed by atoms with Crippen molar-refractivity contribution in [3.05, 3.63) is 60.4 Å². The Bertz CT molecular complexity index is 930. The summed E-state index contributed by atoms with van der Waals surface area (Å²) < 4.78 is 7.82. The van der Waals surface area contributed by atoms with Crippen LogP contribution in [0.1, 0.15) is 31.5 Å². The Labute approximate surface area is 164 Å². The van der Waals surface area contributed by atoms with E-state index in [1.54, 1.807) is 0 Å². The van der Waals surface area contributed by atoms with Gasteiger partial charge in [-0.2, -0.15) is 0 Å². The molecular formula is C22H26N4O2. The summed E-state index contributed by atoms with van der Waals surface area (Å²) in [4.78, 5) is 17.4. The van der Waals surface area contributed by atoms with E-state index < -0.39 is 0 Å². The molecule has 0 spiro atoms. The number of imidazole rings is 1. The number of hydrogen-bond donors (Lipinski definition) is 2. The molecule has 6 nitrogen and oxygen atoms in total. The Morgan fingerprint density at radius 1 is 1.07 bits per heavy atom. The Morgan fingerprint density at radius 2 is 1.79 bits per heavy atom. The van der Waals surface area contributed by atoms with Crippen molar-refractivity contribution in [3.8, 4) is 5.75 Å². The molecule has 146 valence electrons. The molecule has 3 N–H and O–H groups in total. The number of nitrogens with zero attached hydrogens (tertiary/aromatic N) is 2. The first-order valence-corrected chi connectivity index (χ1v) is 9.86. The number of carbonyl (C=O) groups is 1. The molecule has 0 aliphatic heterocycles. The van der Waals surface area contributed by atoms with Gasteiger partial charge in [0.05, 0.1) is 11.0 Å². The van der Waals surface area contributed by atoms with Crippen molar-refractivity contribution < 1.29 is 9.53 Å². The van der Waals surface area contributed by atoms with E-state index >= 15 is 0 Å². The third-order valence-electron chi connectivity index (χ3n) is 5.28. The number of carbonyl (C=O) groups excluding carboxylic acids is 1. The Hall–Kier alpha value is -2.86. The number of ether oxygens (including phenoxy) is 1. The number of hydrogen-bond acceptors (Lipinski definition) is 4. The summed E-state index contributed by atoms with van der Waals surface area (Å²) in [5.41, 5.74) is 7.77. The molecule has 3 aromatic rings. The van der Waals surface area contributed by atoms with Crippen LogP contribution in [-0.4, -0.2) is 27.5 Å². The molecule has 1 aromatic heterocycles. The van der Waals surface area contributed by atoms with Gasteiger partial charge in [-0.15, -0.1) is 0 Å². The highest BCUT2D eigenvalue weighted by Gasteiger charge is 2.21. The Morgan fingerprint density at radius 3 is 2.57 bits per heavy atom. The number of amides is 1. The number of rotatable bonds is 6. The van der Waals surface area contributed by atoms with Crippen molar-refractivity contribution in [1.82, 2.24) is 14.9 Å². The standard InChI is InChI=1S/C22H26N4O2/c23-16-10-12-17(13-11-16)24-22(27)14-26-20-9-5-4-8-19(20)25-21(26)15-28-18-6-2-1-3-7-18/h1-9,16-17H,10-15,23H2,(H,24,27). The smallest absolute Gasteiger partial charge is 0.240 e. The van der Waals surface area contributed by atoms with Gasteiger partial charge in [0.1, 0.15) is 24.7 Å². The summed E-state index contributed by atoms with van der Waals surface area (Å²) in [6, 6.07) is 18.0. The summed E-state index contributed by atoms with van der Waals surface area (Å²) in [6.45, 7) is 0.542. The lowest BCUT2D eigenvalue weighted by molar-refractivity contribution is -0.122. The maximum absolute atomic E-state index is 12.7. The van der Waals surface area contributed by atoms with E-state index in [-0.39, 0.29) is 24.5 Å². The highest BCUT2D eigenvalue weighted by molar-refractivity contribution is 5.81. The van der Waals surface area contributed by atoms with Gasteiger partial charge in [0.15, 0.2) is 0 Å². The summed E-state index contributed by atoms with van der Waals surface area (Å²) in [5.74, 6) is 1.53. The molecular weight excluding hydrogens is 352 g/mol. The SMILES string of the molecule is NC1CCC(NC(=O)Cn2c(COc3ccccc3)nc3ccccc32)CC1. The first kappa shape index (κ1) is 18.5. The lowest BCUT2D eigenvalue weighted by Crippen LogP contribution is -2.41. The fourth-order valence-corrected chi connectivity index (χ4v) is 3.76. The molecule has 0 unspecified atom stereocenters. The molecule has 1 amide bonds. The Balaban J connectivity index is 1.49. The summed E-state index contributed by atoms with van der Waals surface area (Å²) in [6.07, 6.45) is 3.83. The zero-order chi connectivity index (χ0) is 19.3. The molecule has 28 heavy (non-hydrogen) atoms. The maximum atomic E-state index is 12.7. The van der Waals surface area contributed by atoms with Crippen LogP contribution in [0.3, 0.4) is 0 Å². The van der Waals surface area contributed by atoms with Gasteiger partial charge in [0.25, 0.3) is 0 Å². The Kier molecular flexibility index (Phi) is 5.58. The van der Waals surface area contributed by atoms with Crippen molar-refractivity contribution >= 4 is 16.9 Å². The molecule has 1 fully saturated rings. The molecule has 1 heterocycles. The van der Waals surface area contributed by atoms with Crippen molar-refractivity contribution in [2.45, 2.75) is 50.9 Å². The molecule has 0 radical (unpaired) electrons. The van der Waals surface area contributed by atoms with Gasteiger partial charge >= 0.3 is 0 Å². The van der Waals surface area contributed by atoms with Crippen LogP contribution < -0.4 is 15.8 Å². The molecule has 1 aliphatic carbocycles. The van der Waals surface area contributed by atoms with E-state index in [1.165, 1.54) is 0 Å². The minimum absolute atomic E-state index is 0.00425. The highest BCUT2D eigenvalue weighted by Crippen LogP contribution is 2.20. The number of nitrogens with one attached hydrogen (secondary N) is 1. The maximum Gasteiger partial charge on any atom is 0.240 e. The second-order valence-electron chi connectivity index (χ2n) is 7.38. The predicted octanol–water partition coefficient (Wildman–Crippen LogP) is 3.00. The highest BCUT2D eigenvalue weighted by atomic mass is 16.5. The van der Waals surface area contributed by atoms with E-state index in [4.69, 9.17) is 10.5 Å². The predicted molar refractivity (Wildman–Crippen MR) is 109 cm³/mol. The number of para-hydroxylation sites is 3. The van der Waals surface area contributed by atoms with E-state index in [0.717, 1.165) is 48.3 Å². The van der Waals surface area contributed by atoms with Crippen LogP contribution in [0.5, 0.6) is 5.75 Å². The van der Waals surface area contributed by atoms with Crippen molar-refractivity contribution in [2.75, 3.05) is 0 Å². The number of benzene rings is 2. The first-order valence-electron chi connectivity index (χ1n) is 9.86. The van der Waals surface area contributed by atoms with Gasteiger partial charge < -0.3 is 20.4 Å². The van der Waals surface area contributed by atoms with E-state index in [2.05, 4.69) is 10.3 Å². The van der Waals surface area contributed by atoms with E-state index in [9.17, 15) is 4.79 Å². The van der Waals surface area contributed by atoms with Crippen LogP contribution >= 0.6 is 0 Å². The van der Waals surface area contributed by atoms with Gasteiger partial charge in [-0.1, -0.05) is 30.3 Å². The van der Waals surface area contributed by atoms with Crippen LogP contribution in [0.2, 0.25) is 0 Å². The molecule has 4 rings (SSSR count). The minimum atomic E-state index is 0.00425. The fourth-order valence-electron chi connectivity index (χ4n) is 3.76. The van der Waals surface area contributed by atoms with Crippen molar-refractivity contribution in [1.29, 1.82) is 0 Å². The molecule has 0 saturated heterocycles. The third-order valence-corrected chi connectivity index (χ3v) is 5.28. The summed E-state index contributed by atoms with van der Waals surface area (Å²) >= 11 is 0. The normalized spacial score (nSPS) is 19.5. The topological polar surface area (TPSA) is 82.2 Å². The van der Waals surface area contributed by atoms with Crippen molar-refractivity contribution in [3.63, 3.8) is 0 Å². The first-order chi connectivity index (χ1) is 13.7. The second kappa shape index (κ2) is 8.44. The molecule has 0 atom stereocenters. The van der Waals surface area contributed by atoms with Crippen LogP contribution in [0, 0.1) is 0 Å². The minimum Gasteiger partial charge on any atom is -0.486 e. The number of nitrogens with two attached hydrogens (primary N) is 1. The average Bonchev–Trinajstić information content (AvgIpc) is 3.06. The lowest BCUT2D eigenvalue weighted by atomic mass is 9.92. The molecule has 1 aliphatic rings. The van der Waals surface area contributed by atoms with E-state index in [1.807, 2.05) is 59.2 Å². The quantitative estimate of drug-likeness (QED) is 0.691. The zero-order valence-corrected chi connectivity index (χ0v) is 15.9. The van der Waals surface area contributed by atoms with Crippen LogP contribution in [0.25, 0.3) is 11.0 Å². The fraction of sp³-hybridized carbons (Fsp3) is 0.364. The van der Waals surface area contributed by atoms with Gasteiger partial charge in [0.2, 0.25) is 5.91 Å². The van der Waals surface area contributed by atoms with Gasteiger partial charge in [-0.05, 0) is 49.9 Å². The monoisotopic (exact) mass is 378 g/mol. The third kappa shape index (κ3) is 4.34. The second-order valence-corrected chi connectivity index (χ2v) is 7.38. The number of fused-ring (bicyclic) bond motifs is 1. The molecule has 6 heteroatoms. The van der Waals surface area contributed by atoms with E-state index in [0.29, 0.717) is 6.61 Å². The lowest BCUT2D eigenvalue weighted by Gasteiger charge is -2.27. The molecule has 1 saturated carbocycles. The van der Waals surface area contributed by atoms with Crippen LogP contribution in [0.4, 0.5) is 0 Å². The molecule has 0 bridgehead atoms. The van der Waals surface area contributed by atoms with Crippen LogP contribution in [-0.2, 0) is 17.9 Å². The van der Waals surface area contributed by atoms with Gasteiger partial charge in [-0.25, -0.2) is 4.98 Å². The number of aromatic nitrogens is 2.